The third kappa shape index (κ3) is 4.38. The summed E-state index contributed by atoms with van der Waals surface area (Å²) in [5.74, 6) is -0.853. The van der Waals surface area contributed by atoms with E-state index in [-0.39, 0.29) is 5.91 Å². The summed E-state index contributed by atoms with van der Waals surface area (Å²) in [7, 11) is 0. The van der Waals surface area contributed by atoms with E-state index in [0.717, 1.165) is 21.7 Å². The van der Waals surface area contributed by atoms with Gasteiger partial charge in [0.1, 0.15) is 0 Å². The monoisotopic (exact) mass is 343 g/mol. The number of para-hydroxylation sites is 1. The number of benzene rings is 2. The fraction of sp³-hybridized carbons (Fsp3) is 0.263. The minimum atomic E-state index is -0.878. The molecular formula is C19H21NO3S. The van der Waals surface area contributed by atoms with Gasteiger partial charge >= 0.3 is 5.97 Å². The maximum absolute atomic E-state index is 12.3. The Labute approximate surface area is 146 Å². The van der Waals surface area contributed by atoms with E-state index in [4.69, 9.17) is 4.74 Å². The molecule has 24 heavy (non-hydrogen) atoms. The van der Waals surface area contributed by atoms with Crippen LogP contribution in [0.3, 0.4) is 0 Å². The molecule has 2 aromatic rings. The highest BCUT2D eigenvalue weighted by atomic mass is 32.2. The van der Waals surface area contributed by atoms with Crippen molar-refractivity contribution >= 4 is 29.3 Å². The number of rotatable bonds is 5. The number of esters is 1. The maximum Gasteiger partial charge on any atom is 0.338 e. The molecule has 126 valence electrons. The van der Waals surface area contributed by atoms with E-state index < -0.39 is 12.1 Å². The summed E-state index contributed by atoms with van der Waals surface area (Å²) in [6.45, 7) is 5.41. The van der Waals surface area contributed by atoms with E-state index in [2.05, 4.69) is 5.32 Å². The summed E-state index contributed by atoms with van der Waals surface area (Å²) in [6, 6.07) is 12.9. The van der Waals surface area contributed by atoms with Crippen LogP contribution in [-0.2, 0) is 9.53 Å². The lowest BCUT2D eigenvalue weighted by Gasteiger charge is -2.16. The minimum absolute atomic E-state index is 0.346. The second-order valence-corrected chi connectivity index (χ2v) is 6.41. The number of carbonyl (C=O) groups is 2. The lowest BCUT2D eigenvalue weighted by molar-refractivity contribution is -0.123. The van der Waals surface area contributed by atoms with Gasteiger partial charge in [-0.2, -0.15) is 0 Å². The highest BCUT2D eigenvalue weighted by molar-refractivity contribution is 7.98. The van der Waals surface area contributed by atoms with Crippen LogP contribution >= 0.6 is 11.8 Å². The summed E-state index contributed by atoms with van der Waals surface area (Å²) in [4.78, 5) is 25.5. The van der Waals surface area contributed by atoms with Gasteiger partial charge in [0.15, 0.2) is 6.10 Å². The largest absolute Gasteiger partial charge is 0.449 e. The average Bonchev–Trinajstić information content (AvgIpc) is 2.58. The van der Waals surface area contributed by atoms with Crippen LogP contribution in [0.4, 0.5) is 5.69 Å². The zero-order valence-corrected chi connectivity index (χ0v) is 15.1. The zero-order chi connectivity index (χ0) is 17.7. The minimum Gasteiger partial charge on any atom is -0.449 e. The molecule has 0 spiro atoms. The van der Waals surface area contributed by atoms with Gasteiger partial charge in [-0.05, 0) is 62.4 Å². The van der Waals surface area contributed by atoms with Crippen molar-refractivity contribution in [3.05, 3.63) is 59.2 Å². The Balaban J connectivity index is 2.01. The second-order valence-electron chi connectivity index (χ2n) is 5.53. The van der Waals surface area contributed by atoms with Crippen LogP contribution in [0.5, 0.6) is 0 Å². The Kier molecular flexibility index (Phi) is 6.04. The molecule has 0 saturated carbocycles. The SMILES string of the molecule is CSc1ccc(C(=O)O[C@@H](C)C(=O)Nc2c(C)cccc2C)cc1. The van der Waals surface area contributed by atoms with Crippen LogP contribution in [0.15, 0.2) is 47.4 Å². The van der Waals surface area contributed by atoms with Gasteiger partial charge in [0, 0.05) is 10.6 Å². The van der Waals surface area contributed by atoms with Crippen molar-refractivity contribution in [2.45, 2.75) is 31.8 Å². The van der Waals surface area contributed by atoms with Crippen LogP contribution in [0.25, 0.3) is 0 Å². The number of hydrogen-bond acceptors (Lipinski definition) is 4. The molecule has 0 unspecified atom stereocenters. The van der Waals surface area contributed by atoms with Crippen molar-refractivity contribution in [1.82, 2.24) is 0 Å². The van der Waals surface area contributed by atoms with Crippen molar-refractivity contribution in [2.75, 3.05) is 11.6 Å². The molecule has 0 fully saturated rings. The van der Waals surface area contributed by atoms with E-state index >= 15 is 0 Å². The van der Waals surface area contributed by atoms with Crippen molar-refractivity contribution in [3.63, 3.8) is 0 Å². The summed E-state index contributed by atoms with van der Waals surface area (Å²) in [6.07, 6.45) is 1.09. The van der Waals surface area contributed by atoms with Gasteiger partial charge in [-0.1, -0.05) is 18.2 Å². The van der Waals surface area contributed by atoms with Gasteiger partial charge in [-0.15, -0.1) is 11.8 Å². The number of aryl methyl sites for hydroxylation is 2. The number of carbonyl (C=O) groups excluding carboxylic acids is 2. The van der Waals surface area contributed by atoms with Crippen LogP contribution in [0, 0.1) is 13.8 Å². The van der Waals surface area contributed by atoms with Crippen LogP contribution < -0.4 is 5.32 Å². The summed E-state index contributed by atoms with van der Waals surface area (Å²) < 4.78 is 5.27. The number of hydrogen-bond donors (Lipinski definition) is 1. The Bertz CT molecular complexity index is 721. The first-order chi connectivity index (χ1) is 11.4. The lowest BCUT2D eigenvalue weighted by Crippen LogP contribution is -2.30. The van der Waals surface area contributed by atoms with Crippen molar-refractivity contribution in [1.29, 1.82) is 0 Å². The first kappa shape index (κ1) is 18.1. The van der Waals surface area contributed by atoms with Gasteiger partial charge in [-0.3, -0.25) is 4.79 Å². The molecule has 0 aromatic heterocycles. The number of amides is 1. The molecular weight excluding hydrogens is 322 g/mol. The molecule has 4 nitrogen and oxygen atoms in total. The van der Waals surface area contributed by atoms with Crippen LogP contribution in [0.1, 0.15) is 28.4 Å². The van der Waals surface area contributed by atoms with E-state index in [1.54, 1.807) is 30.8 Å². The predicted octanol–water partition coefficient (Wildman–Crippen LogP) is 4.21. The quantitative estimate of drug-likeness (QED) is 0.653. The van der Waals surface area contributed by atoms with E-state index in [9.17, 15) is 9.59 Å². The lowest BCUT2D eigenvalue weighted by atomic mass is 10.1. The predicted molar refractivity (Wildman–Crippen MR) is 97.6 cm³/mol. The number of anilines is 1. The van der Waals surface area contributed by atoms with Crippen LogP contribution in [0.2, 0.25) is 0 Å². The Morgan fingerprint density at radius 2 is 1.62 bits per heavy atom. The van der Waals surface area contributed by atoms with Crippen molar-refractivity contribution in [3.8, 4) is 0 Å². The topological polar surface area (TPSA) is 55.4 Å². The van der Waals surface area contributed by atoms with E-state index in [1.807, 2.05) is 50.4 Å². The molecule has 1 amide bonds. The van der Waals surface area contributed by atoms with Gasteiger partial charge in [-0.25, -0.2) is 4.79 Å². The molecule has 0 radical (unpaired) electrons. The molecule has 0 aliphatic carbocycles. The fourth-order valence-electron chi connectivity index (χ4n) is 2.25. The Morgan fingerprint density at radius 3 is 2.17 bits per heavy atom. The average molecular weight is 343 g/mol. The Morgan fingerprint density at radius 1 is 1.04 bits per heavy atom. The Hall–Kier alpha value is -2.27. The number of nitrogens with one attached hydrogen (secondary N) is 1. The smallest absolute Gasteiger partial charge is 0.338 e. The summed E-state index contributed by atoms with van der Waals surface area (Å²) in [5, 5.41) is 2.83. The highest BCUT2D eigenvalue weighted by Gasteiger charge is 2.20. The van der Waals surface area contributed by atoms with E-state index in [0.29, 0.717) is 5.56 Å². The summed E-state index contributed by atoms with van der Waals surface area (Å²) >= 11 is 1.60. The maximum atomic E-state index is 12.3. The molecule has 0 saturated heterocycles. The molecule has 0 bridgehead atoms. The van der Waals surface area contributed by atoms with Crippen molar-refractivity contribution in [2.24, 2.45) is 0 Å². The number of thioether (sulfide) groups is 1. The first-order valence-corrected chi connectivity index (χ1v) is 8.87. The molecule has 2 aromatic carbocycles. The van der Waals surface area contributed by atoms with Gasteiger partial charge in [0.2, 0.25) is 0 Å². The van der Waals surface area contributed by atoms with Gasteiger partial charge in [0.05, 0.1) is 5.56 Å². The first-order valence-electron chi connectivity index (χ1n) is 7.64. The van der Waals surface area contributed by atoms with Gasteiger partial charge in [0.25, 0.3) is 5.91 Å². The normalized spacial score (nSPS) is 11.7. The highest BCUT2D eigenvalue weighted by Crippen LogP contribution is 2.20. The fourth-order valence-corrected chi connectivity index (χ4v) is 2.65. The molecule has 1 atom stereocenters. The molecule has 0 heterocycles. The molecule has 5 heteroatoms. The second kappa shape index (κ2) is 8.02. The molecule has 1 N–H and O–H groups in total. The third-order valence-corrected chi connectivity index (χ3v) is 4.45. The molecule has 0 aliphatic rings. The molecule has 0 aliphatic heterocycles. The summed E-state index contributed by atoms with van der Waals surface area (Å²) in [5.41, 5.74) is 3.12. The van der Waals surface area contributed by atoms with E-state index in [1.165, 1.54) is 0 Å². The van der Waals surface area contributed by atoms with Crippen molar-refractivity contribution < 1.29 is 14.3 Å². The standard InChI is InChI=1S/C19H21NO3S/c1-12-6-5-7-13(2)17(12)20-18(21)14(3)23-19(22)15-8-10-16(24-4)11-9-15/h5-11,14H,1-4H3,(H,20,21)/t14-/m0/s1. The zero-order valence-electron chi connectivity index (χ0n) is 14.3. The number of ether oxygens (including phenoxy) is 1. The third-order valence-electron chi connectivity index (χ3n) is 3.71. The van der Waals surface area contributed by atoms with Gasteiger partial charge < -0.3 is 10.1 Å². The molecule has 2 rings (SSSR count). The van der Waals surface area contributed by atoms with Crippen LogP contribution in [-0.4, -0.2) is 24.2 Å².